The van der Waals surface area contributed by atoms with Crippen molar-refractivity contribution < 1.29 is 34.5 Å². The highest BCUT2D eigenvalue weighted by Crippen LogP contribution is 2.06. The van der Waals surface area contributed by atoms with Gasteiger partial charge in [-0.05, 0) is 25.7 Å². The molecular weight excluding hydrogens is 426 g/mol. The van der Waals surface area contributed by atoms with Crippen LogP contribution in [0, 0.1) is 5.92 Å². The van der Waals surface area contributed by atoms with E-state index in [2.05, 4.69) is 20.9 Å². The summed E-state index contributed by atoms with van der Waals surface area (Å²) in [5.41, 5.74) is 15.8. The molecule has 14 heteroatoms. The van der Waals surface area contributed by atoms with Crippen molar-refractivity contribution in [1.29, 1.82) is 0 Å². The van der Waals surface area contributed by atoms with Crippen LogP contribution in [0.4, 0.5) is 0 Å². The largest absolute Gasteiger partial charge is 0.480 e. The molecule has 0 spiro atoms. The first kappa shape index (κ1) is 29.0. The van der Waals surface area contributed by atoms with Crippen LogP contribution in [0.15, 0.2) is 4.99 Å². The van der Waals surface area contributed by atoms with Gasteiger partial charge in [0.2, 0.25) is 17.7 Å². The number of carboxylic acids is 1. The number of aliphatic hydroxyl groups is 2. The summed E-state index contributed by atoms with van der Waals surface area (Å²) >= 11 is 0. The van der Waals surface area contributed by atoms with Crippen LogP contribution < -0.4 is 33.2 Å². The SMILES string of the molecule is CC(C)C(NC(=O)C(N)CO)C(=O)NC(C(=O)NC(CCCN=C(N)N)C(=O)O)C(C)O. The summed E-state index contributed by atoms with van der Waals surface area (Å²) in [5.74, 6) is -4.38. The Labute approximate surface area is 186 Å². The molecule has 5 unspecified atom stereocenters. The fourth-order valence-corrected chi connectivity index (χ4v) is 2.55. The van der Waals surface area contributed by atoms with E-state index in [1.54, 1.807) is 13.8 Å². The third-order valence-electron chi connectivity index (χ3n) is 4.40. The van der Waals surface area contributed by atoms with Crippen LogP contribution in [0.2, 0.25) is 0 Å². The molecule has 14 nitrogen and oxygen atoms in total. The molecule has 0 heterocycles. The summed E-state index contributed by atoms with van der Waals surface area (Å²) in [5, 5.41) is 35.3. The summed E-state index contributed by atoms with van der Waals surface area (Å²) in [4.78, 5) is 52.4. The summed E-state index contributed by atoms with van der Waals surface area (Å²) in [6.45, 7) is 4.03. The van der Waals surface area contributed by atoms with Gasteiger partial charge < -0.3 is 48.5 Å². The molecule has 0 aliphatic carbocycles. The van der Waals surface area contributed by atoms with Crippen molar-refractivity contribution in [3.05, 3.63) is 0 Å². The van der Waals surface area contributed by atoms with Gasteiger partial charge in [-0.2, -0.15) is 0 Å². The van der Waals surface area contributed by atoms with Gasteiger partial charge >= 0.3 is 5.97 Å². The minimum atomic E-state index is -1.49. The molecule has 0 fully saturated rings. The number of nitrogens with zero attached hydrogens (tertiary/aromatic N) is 1. The molecule has 0 saturated heterocycles. The third-order valence-corrected chi connectivity index (χ3v) is 4.40. The van der Waals surface area contributed by atoms with E-state index < -0.39 is 66.5 Å². The highest BCUT2D eigenvalue weighted by Gasteiger charge is 2.33. The van der Waals surface area contributed by atoms with Crippen molar-refractivity contribution >= 4 is 29.7 Å². The lowest BCUT2D eigenvalue weighted by molar-refractivity contribution is -0.143. The van der Waals surface area contributed by atoms with Crippen molar-refractivity contribution in [2.45, 2.75) is 63.9 Å². The summed E-state index contributed by atoms with van der Waals surface area (Å²) in [6, 6.07) is -5.16. The molecule has 3 amide bonds. The van der Waals surface area contributed by atoms with Gasteiger partial charge in [-0.3, -0.25) is 19.4 Å². The maximum Gasteiger partial charge on any atom is 0.326 e. The molecule has 12 N–H and O–H groups in total. The predicted molar refractivity (Wildman–Crippen MR) is 115 cm³/mol. The van der Waals surface area contributed by atoms with E-state index in [4.69, 9.17) is 22.3 Å². The molecule has 0 rings (SSSR count). The average Bonchev–Trinajstić information content (AvgIpc) is 2.70. The smallest absolute Gasteiger partial charge is 0.326 e. The number of amides is 3. The van der Waals surface area contributed by atoms with E-state index >= 15 is 0 Å². The van der Waals surface area contributed by atoms with Crippen molar-refractivity contribution in [1.82, 2.24) is 16.0 Å². The number of nitrogens with two attached hydrogens (primary N) is 3. The zero-order chi connectivity index (χ0) is 25.0. The second-order valence-electron chi connectivity index (χ2n) is 7.59. The van der Waals surface area contributed by atoms with E-state index in [1.165, 1.54) is 6.92 Å². The molecule has 0 bridgehead atoms. The Kier molecular flexibility index (Phi) is 12.8. The topological polar surface area (TPSA) is 255 Å². The van der Waals surface area contributed by atoms with Crippen molar-refractivity contribution in [3.8, 4) is 0 Å². The van der Waals surface area contributed by atoms with E-state index in [-0.39, 0.29) is 25.3 Å². The van der Waals surface area contributed by atoms with Crippen molar-refractivity contribution in [2.24, 2.45) is 28.1 Å². The first-order valence-corrected chi connectivity index (χ1v) is 10.1. The highest BCUT2D eigenvalue weighted by molar-refractivity contribution is 5.94. The van der Waals surface area contributed by atoms with E-state index in [0.717, 1.165) is 0 Å². The number of hydrogen-bond acceptors (Lipinski definition) is 8. The van der Waals surface area contributed by atoms with Gasteiger partial charge in [-0.1, -0.05) is 13.8 Å². The third kappa shape index (κ3) is 10.4. The molecule has 5 atom stereocenters. The molecule has 184 valence electrons. The Hall–Kier alpha value is -2.97. The van der Waals surface area contributed by atoms with Gasteiger partial charge in [0.05, 0.1) is 12.7 Å². The van der Waals surface area contributed by atoms with Gasteiger partial charge in [0.1, 0.15) is 24.2 Å². The lowest BCUT2D eigenvalue weighted by Crippen LogP contribution is -2.61. The average molecular weight is 462 g/mol. The number of aliphatic hydroxyl groups excluding tert-OH is 2. The highest BCUT2D eigenvalue weighted by atomic mass is 16.4. The Balaban J connectivity index is 5.26. The molecule has 0 radical (unpaired) electrons. The fourth-order valence-electron chi connectivity index (χ4n) is 2.55. The number of nitrogens with one attached hydrogen (secondary N) is 3. The first-order chi connectivity index (χ1) is 14.8. The van der Waals surface area contributed by atoms with Gasteiger partial charge in [0.15, 0.2) is 5.96 Å². The molecule has 0 aliphatic heterocycles. The van der Waals surface area contributed by atoms with Gasteiger partial charge in [-0.15, -0.1) is 0 Å². The van der Waals surface area contributed by atoms with E-state index in [0.29, 0.717) is 0 Å². The number of carboxylic acid groups (broad SMARTS) is 1. The molecule has 0 aliphatic rings. The normalized spacial score (nSPS) is 15.6. The molecule has 0 aromatic heterocycles. The van der Waals surface area contributed by atoms with Crippen LogP contribution in [0.3, 0.4) is 0 Å². The molecule has 32 heavy (non-hydrogen) atoms. The lowest BCUT2D eigenvalue weighted by atomic mass is 10.0. The molecule has 0 aromatic carbocycles. The Bertz CT molecular complexity index is 681. The summed E-state index contributed by atoms with van der Waals surface area (Å²) in [6.07, 6.45) is -1.12. The number of carbonyl (C=O) groups is 4. The zero-order valence-electron chi connectivity index (χ0n) is 18.4. The fraction of sp³-hybridized carbons (Fsp3) is 0.722. The van der Waals surface area contributed by atoms with Gasteiger partial charge in [0.25, 0.3) is 0 Å². The van der Waals surface area contributed by atoms with E-state index in [9.17, 15) is 29.4 Å². The zero-order valence-corrected chi connectivity index (χ0v) is 18.4. The van der Waals surface area contributed by atoms with Gasteiger partial charge in [-0.25, -0.2) is 4.79 Å². The lowest BCUT2D eigenvalue weighted by Gasteiger charge is -2.28. The quantitative estimate of drug-likeness (QED) is 0.0686. The standard InChI is InChI=1S/C18H35N7O7/c1-8(2)12(24-14(28)10(19)7-26)15(29)25-13(9(3)27)16(30)23-11(17(31)32)5-4-6-22-18(20)21/h8-13,26-27H,4-7,19H2,1-3H3,(H,23,30)(H,24,28)(H,25,29)(H,31,32)(H4,20,21,22). The van der Waals surface area contributed by atoms with E-state index in [1.807, 2.05) is 0 Å². The summed E-state index contributed by atoms with van der Waals surface area (Å²) in [7, 11) is 0. The van der Waals surface area contributed by atoms with Crippen LogP contribution in [-0.4, -0.2) is 88.4 Å². The maximum atomic E-state index is 12.7. The summed E-state index contributed by atoms with van der Waals surface area (Å²) < 4.78 is 0. The molecule has 0 aromatic rings. The maximum absolute atomic E-state index is 12.7. The number of aliphatic imine (C=N–C) groups is 1. The number of rotatable bonds is 14. The minimum Gasteiger partial charge on any atom is -0.480 e. The first-order valence-electron chi connectivity index (χ1n) is 10.1. The Morgan fingerprint density at radius 2 is 1.47 bits per heavy atom. The van der Waals surface area contributed by atoms with Crippen LogP contribution in [0.5, 0.6) is 0 Å². The van der Waals surface area contributed by atoms with Crippen LogP contribution in [-0.2, 0) is 19.2 Å². The van der Waals surface area contributed by atoms with Crippen LogP contribution in [0.25, 0.3) is 0 Å². The number of carbonyl (C=O) groups excluding carboxylic acids is 3. The number of aliphatic carboxylic acids is 1. The minimum absolute atomic E-state index is 0.00204. The Morgan fingerprint density at radius 3 is 1.91 bits per heavy atom. The second-order valence-corrected chi connectivity index (χ2v) is 7.59. The van der Waals surface area contributed by atoms with Crippen LogP contribution >= 0.6 is 0 Å². The van der Waals surface area contributed by atoms with Gasteiger partial charge in [0, 0.05) is 6.54 Å². The monoisotopic (exact) mass is 461 g/mol. The van der Waals surface area contributed by atoms with Crippen molar-refractivity contribution in [3.63, 3.8) is 0 Å². The number of guanidine groups is 1. The molecule has 0 saturated carbocycles. The second kappa shape index (κ2) is 14.2. The number of hydrogen-bond donors (Lipinski definition) is 9. The molecular formula is C18H35N7O7. The van der Waals surface area contributed by atoms with Crippen molar-refractivity contribution in [2.75, 3.05) is 13.2 Å². The van der Waals surface area contributed by atoms with Crippen LogP contribution in [0.1, 0.15) is 33.6 Å². The predicted octanol–water partition coefficient (Wildman–Crippen LogP) is -4.06. The Morgan fingerprint density at radius 1 is 0.938 bits per heavy atom.